The minimum atomic E-state index is -0.357. The largest absolute Gasteiger partial charge is 0.342 e. The molecule has 0 spiro atoms. The molecular weight excluding hydrogens is 224 g/mol. The average Bonchev–Trinajstić information content (AvgIpc) is 2.63. The molecule has 0 aromatic rings. The zero-order valence-electron chi connectivity index (χ0n) is 12.4. The highest BCUT2D eigenvalue weighted by molar-refractivity contribution is 5.82. The van der Waals surface area contributed by atoms with Crippen LogP contribution in [0.15, 0.2) is 0 Å². The van der Waals surface area contributed by atoms with Gasteiger partial charge in [0.05, 0.1) is 5.41 Å². The standard InChI is InChI=1S/C15H30N2O/c1-4-7-13-8-6-10-17(11-9-13)14(18)15(3,5-2)12-16/h13H,4-12,16H2,1-3H3. The van der Waals surface area contributed by atoms with Gasteiger partial charge in [-0.15, -0.1) is 0 Å². The van der Waals surface area contributed by atoms with Crippen molar-refractivity contribution in [1.82, 2.24) is 4.90 Å². The van der Waals surface area contributed by atoms with Crippen molar-refractivity contribution in [3.05, 3.63) is 0 Å². The maximum Gasteiger partial charge on any atom is 0.229 e. The molecule has 1 heterocycles. The summed E-state index contributed by atoms with van der Waals surface area (Å²) in [6.45, 7) is 8.62. The molecule has 1 rings (SSSR count). The molecule has 1 aliphatic heterocycles. The zero-order valence-corrected chi connectivity index (χ0v) is 12.4. The number of hydrogen-bond acceptors (Lipinski definition) is 2. The average molecular weight is 254 g/mol. The first-order chi connectivity index (χ1) is 8.57. The lowest BCUT2D eigenvalue weighted by atomic mass is 9.86. The lowest BCUT2D eigenvalue weighted by Gasteiger charge is -2.32. The Kier molecular flexibility index (Phi) is 6.13. The van der Waals surface area contributed by atoms with Gasteiger partial charge in [0.15, 0.2) is 0 Å². The van der Waals surface area contributed by atoms with Crippen LogP contribution in [-0.2, 0) is 4.79 Å². The number of nitrogens with two attached hydrogens (primary N) is 1. The van der Waals surface area contributed by atoms with Gasteiger partial charge in [-0.05, 0) is 38.5 Å². The molecule has 0 aromatic heterocycles. The van der Waals surface area contributed by atoms with Gasteiger partial charge in [0, 0.05) is 19.6 Å². The van der Waals surface area contributed by atoms with Crippen LogP contribution in [-0.4, -0.2) is 30.4 Å². The molecule has 0 bridgehead atoms. The number of carbonyl (C=O) groups is 1. The molecule has 0 radical (unpaired) electrons. The Morgan fingerprint density at radius 1 is 1.33 bits per heavy atom. The molecule has 0 aromatic carbocycles. The summed E-state index contributed by atoms with van der Waals surface area (Å²) < 4.78 is 0. The predicted molar refractivity (Wildman–Crippen MR) is 76.3 cm³/mol. The highest BCUT2D eigenvalue weighted by Crippen LogP contribution is 2.27. The molecule has 1 amide bonds. The quantitative estimate of drug-likeness (QED) is 0.820. The van der Waals surface area contributed by atoms with Gasteiger partial charge in [0.1, 0.15) is 0 Å². The van der Waals surface area contributed by atoms with Gasteiger partial charge in [0.2, 0.25) is 5.91 Å². The summed E-state index contributed by atoms with van der Waals surface area (Å²) in [4.78, 5) is 14.6. The molecule has 18 heavy (non-hydrogen) atoms. The van der Waals surface area contributed by atoms with Gasteiger partial charge in [0.25, 0.3) is 0 Å². The van der Waals surface area contributed by atoms with E-state index in [1.807, 2.05) is 6.92 Å². The van der Waals surface area contributed by atoms with Crippen molar-refractivity contribution >= 4 is 5.91 Å². The fraction of sp³-hybridized carbons (Fsp3) is 0.933. The molecule has 1 aliphatic rings. The third-order valence-electron chi connectivity index (χ3n) is 4.58. The smallest absolute Gasteiger partial charge is 0.229 e. The number of rotatable bonds is 5. The number of hydrogen-bond donors (Lipinski definition) is 1. The molecule has 106 valence electrons. The van der Waals surface area contributed by atoms with Gasteiger partial charge in [-0.1, -0.05) is 26.7 Å². The topological polar surface area (TPSA) is 46.3 Å². The molecule has 2 atom stereocenters. The van der Waals surface area contributed by atoms with E-state index in [-0.39, 0.29) is 11.3 Å². The van der Waals surface area contributed by atoms with Crippen LogP contribution in [0.5, 0.6) is 0 Å². The van der Waals surface area contributed by atoms with Crippen LogP contribution in [0.2, 0.25) is 0 Å². The summed E-state index contributed by atoms with van der Waals surface area (Å²) in [5.41, 5.74) is 5.44. The maximum absolute atomic E-state index is 12.5. The van der Waals surface area contributed by atoms with Gasteiger partial charge >= 0.3 is 0 Å². The summed E-state index contributed by atoms with van der Waals surface area (Å²) in [5.74, 6) is 1.09. The Balaban J connectivity index is 2.59. The summed E-state index contributed by atoms with van der Waals surface area (Å²) in [6, 6.07) is 0. The van der Waals surface area contributed by atoms with E-state index in [2.05, 4.69) is 18.7 Å². The van der Waals surface area contributed by atoms with Crippen LogP contribution < -0.4 is 5.73 Å². The van der Waals surface area contributed by atoms with E-state index in [1.165, 1.54) is 25.7 Å². The summed E-state index contributed by atoms with van der Waals surface area (Å²) in [7, 11) is 0. The summed E-state index contributed by atoms with van der Waals surface area (Å²) in [6.07, 6.45) is 7.00. The van der Waals surface area contributed by atoms with E-state index in [1.54, 1.807) is 0 Å². The van der Waals surface area contributed by atoms with Crippen LogP contribution >= 0.6 is 0 Å². The Morgan fingerprint density at radius 2 is 2.06 bits per heavy atom. The number of amides is 1. The Labute approximate surface area is 112 Å². The SMILES string of the molecule is CCCC1CCCN(C(=O)C(C)(CC)CN)CC1. The fourth-order valence-corrected chi connectivity index (χ4v) is 2.83. The van der Waals surface area contributed by atoms with E-state index in [0.29, 0.717) is 6.54 Å². The van der Waals surface area contributed by atoms with Crippen LogP contribution in [0, 0.1) is 11.3 Å². The monoisotopic (exact) mass is 254 g/mol. The van der Waals surface area contributed by atoms with Gasteiger partial charge in [-0.2, -0.15) is 0 Å². The first kappa shape index (κ1) is 15.5. The van der Waals surface area contributed by atoms with Gasteiger partial charge < -0.3 is 10.6 Å². The van der Waals surface area contributed by atoms with Crippen molar-refractivity contribution in [3.63, 3.8) is 0 Å². The number of likely N-dealkylation sites (tertiary alicyclic amines) is 1. The van der Waals surface area contributed by atoms with Crippen molar-refractivity contribution in [2.75, 3.05) is 19.6 Å². The van der Waals surface area contributed by atoms with Gasteiger partial charge in [-0.3, -0.25) is 4.79 Å². The second kappa shape index (κ2) is 7.13. The highest BCUT2D eigenvalue weighted by atomic mass is 16.2. The molecule has 0 aliphatic carbocycles. The molecular formula is C15H30N2O. The second-order valence-corrected chi connectivity index (χ2v) is 6.00. The van der Waals surface area contributed by atoms with Crippen molar-refractivity contribution in [1.29, 1.82) is 0 Å². The van der Waals surface area contributed by atoms with Crippen molar-refractivity contribution < 1.29 is 4.79 Å². The minimum absolute atomic E-state index is 0.268. The summed E-state index contributed by atoms with van der Waals surface area (Å²) in [5, 5.41) is 0. The van der Waals surface area contributed by atoms with E-state index in [0.717, 1.165) is 31.8 Å². The van der Waals surface area contributed by atoms with Crippen LogP contribution in [0.1, 0.15) is 59.3 Å². The molecule has 1 saturated heterocycles. The zero-order chi connectivity index (χ0) is 13.6. The molecule has 3 nitrogen and oxygen atoms in total. The minimum Gasteiger partial charge on any atom is -0.342 e. The van der Waals surface area contributed by atoms with E-state index in [9.17, 15) is 4.79 Å². The van der Waals surface area contributed by atoms with Crippen LogP contribution in [0.25, 0.3) is 0 Å². The van der Waals surface area contributed by atoms with E-state index in [4.69, 9.17) is 5.73 Å². The summed E-state index contributed by atoms with van der Waals surface area (Å²) >= 11 is 0. The van der Waals surface area contributed by atoms with Crippen molar-refractivity contribution in [2.45, 2.75) is 59.3 Å². The predicted octanol–water partition coefficient (Wildman–Crippen LogP) is 2.79. The lowest BCUT2D eigenvalue weighted by molar-refractivity contribution is -0.140. The molecule has 2 unspecified atom stereocenters. The van der Waals surface area contributed by atoms with Crippen molar-refractivity contribution in [2.24, 2.45) is 17.1 Å². The second-order valence-electron chi connectivity index (χ2n) is 6.00. The molecule has 3 heteroatoms. The lowest BCUT2D eigenvalue weighted by Crippen LogP contribution is -2.46. The van der Waals surface area contributed by atoms with Crippen LogP contribution in [0.3, 0.4) is 0 Å². The first-order valence-electron chi connectivity index (χ1n) is 7.56. The number of carbonyl (C=O) groups excluding carboxylic acids is 1. The van der Waals surface area contributed by atoms with E-state index < -0.39 is 0 Å². The van der Waals surface area contributed by atoms with Crippen LogP contribution in [0.4, 0.5) is 0 Å². The highest BCUT2D eigenvalue weighted by Gasteiger charge is 2.34. The van der Waals surface area contributed by atoms with Crippen molar-refractivity contribution in [3.8, 4) is 0 Å². The third-order valence-corrected chi connectivity index (χ3v) is 4.58. The number of nitrogens with zero attached hydrogens (tertiary/aromatic N) is 1. The fourth-order valence-electron chi connectivity index (χ4n) is 2.83. The molecule has 1 fully saturated rings. The first-order valence-corrected chi connectivity index (χ1v) is 7.56. The molecule has 0 saturated carbocycles. The normalized spacial score (nSPS) is 24.4. The third kappa shape index (κ3) is 3.71. The Bertz CT molecular complexity index is 261. The Hall–Kier alpha value is -0.570. The maximum atomic E-state index is 12.5. The molecule has 2 N–H and O–H groups in total. The Morgan fingerprint density at radius 3 is 2.61 bits per heavy atom. The van der Waals surface area contributed by atoms with E-state index >= 15 is 0 Å². The van der Waals surface area contributed by atoms with Gasteiger partial charge in [-0.25, -0.2) is 0 Å².